The Balaban J connectivity index is 1.71. The van der Waals surface area contributed by atoms with Crippen LogP contribution in [0.15, 0.2) is 24.3 Å². The second-order valence-electron chi connectivity index (χ2n) is 5.09. The van der Waals surface area contributed by atoms with Crippen LogP contribution < -0.4 is 10.6 Å². The highest BCUT2D eigenvalue weighted by Gasteiger charge is 2.30. The number of carbonyl (C=O) groups is 1. The molecule has 0 aromatic heterocycles. The Labute approximate surface area is 112 Å². The van der Waals surface area contributed by atoms with E-state index in [-0.39, 0.29) is 18.3 Å². The molecule has 0 atom stereocenters. The molecule has 1 aliphatic carbocycles. The zero-order valence-corrected chi connectivity index (χ0v) is 10.8. The third-order valence-electron chi connectivity index (χ3n) is 3.40. The first-order valence-corrected chi connectivity index (χ1v) is 6.56. The number of nitrogens with one attached hydrogen (secondary N) is 2. The van der Waals surface area contributed by atoms with E-state index >= 15 is 0 Å². The number of rotatable bonds is 5. The summed E-state index contributed by atoms with van der Waals surface area (Å²) >= 11 is 0. The number of hydrogen-bond acceptors (Lipinski definition) is 3. The molecule has 1 aromatic rings. The smallest absolute Gasteiger partial charge is 0.238 e. The molecule has 1 saturated carbocycles. The van der Waals surface area contributed by atoms with Gasteiger partial charge in [0.15, 0.2) is 0 Å². The van der Waals surface area contributed by atoms with E-state index in [0.29, 0.717) is 12.2 Å². The molecule has 0 heterocycles. The summed E-state index contributed by atoms with van der Waals surface area (Å²) < 4.78 is 12.7. The van der Waals surface area contributed by atoms with E-state index in [1.54, 1.807) is 0 Å². The van der Waals surface area contributed by atoms with Gasteiger partial charge in [-0.25, -0.2) is 4.39 Å². The maximum atomic E-state index is 12.7. The minimum absolute atomic E-state index is 0.139. The number of hydrogen-bond donors (Lipinski definition) is 3. The topological polar surface area (TPSA) is 61.4 Å². The average Bonchev–Trinajstić information content (AvgIpc) is 2.79. The van der Waals surface area contributed by atoms with Crippen molar-refractivity contribution in [1.29, 1.82) is 0 Å². The number of benzene rings is 1. The highest BCUT2D eigenvalue weighted by atomic mass is 19.1. The van der Waals surface area contributed by atoms with Gasteiger partial charge in [-0.3, -0.25) is 4.79 Å². The monoisotopic (exact) mass is 266 g/mol. The molecular weight excluding hydrogens is 247 g/mol. The van der Waals surface area contributed by atoms with Gasteiger partial charge in [0.1, 0.15) is 5.82 Å². The summed E-state index contributed by atoms with van der Waals surface area (Å²) in [6.07, 6.45) is 3.67. The molecule has 0 unspecified atom stereocenters. The Morgan fingerprint density at radius 2 is 1.89 bits per heavy atom. The summed E-state index contributed by atoms with van der Waals surface area (Å²) in [6.45, 7) is 0.573. The highest BCUT2D eigenvalue weighted by Crippen LogP contribution is 2.28. The van der Waals surface area contributed by atoms with E-state index in [2.05, 4.69) is 10.6 Å². The van der Waals surface area contributed by atoms with Crippen molar-refractivity contribution in [2.75, 3.05) is 18.4 Å². The van der Waals surface area contributed by atoms with Crippen LogP contribution in [0.25, 0.3) is 0 Å². The normalized spacial score (nSPS) is 17.4. The molecule has 1 aliphatic rings. The van der Waals surface area contributed by atoms with Crippen LogP contribution in [0.1, 0.15) is 25.7 Å². The van der Waals surface area contributed by atoms with Crippen LogP contribution in [0.5, 0.6) is 0 Å². The van der Waals surface area contributed by atoms with Gasteiger partial charge in [-0.2, -0.15) is 0 Å². The molecule has 0 radical (unpaired) electrons. The standard InChI is InChI=1S/C14H19FN2O2/c15-11-3-5-12(6-4-11)17-13(18)9-16-10-14(19)7-1-2-8-14/h3-6,16,19H,1-2,7-10H2,(H,17,18). The van der Waals surface area contributed by atoms with Gasteiger partial charge in [-0.05, 0) is 37.1 Å². The highest BCUT2D eigenvalue weighted by molar-refractivity contribution is 5.92. The lowest BCUT2D eigenvalue weighted by molar-refractivity contribution is -0.115. The molecule has 3 N–H and O–H groups in total. The fraction of sp³-hybridized carbons (Fsp3) is 0.500. The Kier molecular flexibility index (Phi) is 4.50. The number of anilines is 1. The molecule has 0 bridgehead atoms. The molecule has 1 amide bonds. The van der Waals surface area contributed by atoms with Crippen LogP contribution in [-0.4, -0.2) is 29.7 Å². The predicted molar refractivity (Wildman–Crippen MR) is 71.3 cm³/mol. The van der Waals surface area contributed by atoms with E-state index in [1.165, 1.54) is 24.3 Å². The van der Waals surface area contributed by atoms with Crippen LogP contribution in [0.2, 0.25) is 0 Å². The van der Waals surface area contributed by atoms with Crippen molar-refractivity contribution in [3.8, 4) is 0 Å². The van der Waals surface area contributed by atoms with Crippen molar-refractivity contribution in [3.63, 3.8) is 0 Å². The molecule has 0 spiro atoms. The zero-order valence-electron chi connectivity index (χ0n) is 10.8. The van der Waals surface area contributed by atoms with Crippen molar-refractivity contribution < 1.29 is 14.3 Å². The molecule has 104 valence electrons. The Bertz CT molecular complexity index is 428. The quantitative estimate of drug-likeness (QED) is 0.759. The fourth-order valence-corrected chi connectivity index (χ4v) is 2.36. The number of amides is 1. The van der Waals surface area contributed by atoms with Gasteiger partial charge in [0.25, 0.3) is 0 Å². The van der Waals surface area contributed by atoms with Crippen LogP contribution in [-0.2, 0) is 4.79 Å². The van der Waals surface area contributed by atoms with E-state index in [0.717, 1.165) is 25.7 Å². The van der Waals surface area contributed by atoms with E-state index in [9.17, 15) is 14.3 Å². The first-order valence-electron chi connectivity index (χ1n) is 6.56. The van der Waals surface area contributed by atoms with Crippen molar-refractivity contribution in [2.24, 2.45) is 0 Å². The number of halogens is 1. The third kappa shape index (κ3) is 4.29. The summed E-state index contributed by atoms with van der Waals surface area (Å²) in [5.74, 6) is -0.534. The van der Waals surface area contributed by atoms with Gasteiger partial charge in [-0.1, -0.05) is 12.8 Å². The summed E-state index contributed by atoms with van der Waals surface area (Å²) in [7, 11) is 0. The molecule has 0 saturated heterocycles. The summed E-state index contributed by atoms with van der Waals surface area (Å²) in [5, 5.41) is 15.7. The third-order valence-corrected chi connectivity index (χ3v) is 3.40. The van der Waals surface area contributed by atoms with Crippen LogP contribution >= 0.6 is 0 Å². The molecule has 19 heavy (non-hydrogen) atoms. The van der Waals surface area contributed by atoms with Crippen molar-refractivity contribution in [3.05, 3.63) is 30.1 Å². The fourth-order valence-electron chi connectivity index (χ4n) is 2.36. The first kappa shape index (κ1) is 14.0. The molecule has 1 fully saturated rings. The Hall–Kier alpha value is -1.46. The lowest BCUT2D eigenvalue weighted by Crippen LogP contribution is -2.41. The summed E-state index contributed by atoms with van der Waals surface area (Å²) in [5.41, 5.74) is -0.0938. The second-order valence-corrected chi connectivity index (χ2v) is 5.09. The maximum absolute atomic E-state index is 12.7. The van der Waals surface area contributed by atoms with E-state index in [1.807, 2.05) is 0 Å². The van der Waals surface area contributed by atoms with Gasteiger partial charge in [-0.15, -0.1) is 0 Å². The molecule has 2 rings (SSSR count). The van der Waals surface area contributed by atoms with Gasteiger partial charge < -0.3 is 15.7 Å². The summed E-state index contributed by atoms with van der Waals surface area (Å²) in [6, 6.07) is 5.62. The van der Waals surface area contributed by atoms with Crippen LogP contribution in [0.3, 0.4) is 0 Å². The lowest BCUT2D eigenvalue weighted by Gasteiger charge is -2.22. The zero-order chi connectivity index (χ0) is 13.7. The molecule has 1 aromatic carbocycles. The Morgan fingerprint density at radius 1 is 1.26 bits per heavy atom. The van der Waals surface area contributed by atoms with Crippen molar-refractivity contribution in [2.45, 2.75) is 31.3 Å². The van der Waals surface area contributed by atoms with Crippen LogP contribution in [0.4, 0.5) is 10.1 Å². The van der Waals surface area contributed by atoms with Gasteiger partial charge in [0, 0.05) is 12.2 Å². The summed E-state index contributed by atoms with van der Waals surface area (Å²) in [4.78, 5) is 11.6. The lowest BCUT2D eigenvalue weighted by atomic mass is 10.0. The van der Waals surface area contributed by atoms with Crippen molar-refractivity contribution in [1.82, 2.24) is 5.32 Å². The maximum Gasteiger partial charge on any atom is 0.238 e. The van der Waals surface area contributed by atoms with Crippen LogP contribution in [0, 0.1) is 5.82 Å². The molecule has 0 aliphatic heterocycles. The minimum atomic E-state index is -0.657. The van der Waals surface area contributed by atoms with Gasteiger partial charge in [0.05, 0.1) is 12.1 Å². The molecular formula is C14H19FN2O2. The largest absolute Gasteiger partial charge is 0.389 e. The predicted octanol–water partition coefficient (Wildman–Crippen LogP) is 1.66. The first-order chi connectivity index (χ1) is 9.07. The molecule has 4 nitrogen and oxygen atoms in total. The minimum Gasteiger partial charge on any atom is -0.389 e. The van der Waals surface area contributed by atoms with Gasteiger partial charge in [0.2, 0.25) is 5.91 Å². The van der Waals surface area contributed by atoms with Crippen molar-refractivity contribution >= 4 is 11.6 Å². The number of carbonyl (C=O) groups excluding carboxylic acids is 1. The van der Waals surface area contributed by atoms with E-state index in [4.69, 9.17) is 0 Å². The molecule has 5 heteroatoms. The number of aliphatic hydroxyl groups is 1. The Morgan fingerprint density at radius 3 is 2.53 bits per heavy atom. The van der Waals surface area contributed by atoms with Gasteiger partial charge >= 0.3 is 0 Å². The average molecular weight is 266 g/mol. The SMILES string of the molecule is O=C(CNCC1(O)CCCC1)Nc1ccc(F)cc1. The second kappa shape index (κ2) is 6.12. The van der Waals surface area contributed by atoms with E-state index < -0.39 is 5.60 Å².